The van der Waals surface area contributed by atoms with Crippen molar-refractivity contribution in [1.29, 1.82) is 0 Å². The highest BCUT2D eigenvalue weighted by atomic mass is 35.5. The molecule has 0 atom stereocenters. The molecule has 0 unspecified atom stereocenters. The Hall–Kier alpha value is -0.520. The summed E-state index contributed by atoms with van der Waals surface area (Å²) in [5, 5.41) is 18.7. The predicted octanol–water partition coefficient (Wildman–Crippen LogP) is 3.52. The van der Waals surface area contributed by atoms with Crippen LogP contribution in [0.4, 0.5) is 0 Å². The van der Waals surface area contributed by atoms with Crippen LogP contribution in [0.15, 0.2) is 10.1 Å². The van der Waals surface area contributed by atoms with Gasteiger partial charge in [-0.2, -0.15) is 4.37 Å². The first-order valence-corrected chi connectivity index (χ1v) is 9.07. The first kappa shape index (κ1) is 15.9. The Bertz CT molecular complexity index is 628. The fourth-order valence-corrected chi connectivity index (χ4v) is 5.89. The molecule has 0 fully saturated rings. The summed E-state index contributed by atoms with van der Waals surface area (Å²) in [6.07, 6.45) is 0. The minimum absolute atomic E-state index is 0.00497. The number of halogens is 2. The summed E-state index contributed by atoms with van der Waals surface area (Å²) >= 11 is 13.5. The molecular formula is C8H3Cl2N2O4S4+. The average Bonchev–Trinajstić information content (AvgIpc) is 2.91. The second-order valence-corrected chi connectivity index (χ2v) is 7.56. The number of nitrogens with zero attached hydrogens (tertiary/aromatic N) is 1. The first-order chi connectivity index (χ1) is 9.41. The summed E-state index contributed by atoms with van der Waals surface area (Å²) in [7, 11) is 2.22. The molecule has 2 aromatic heterocycles. The molecule has 2 rings (SSSR count). The third-order valence-corrected chi connectivity index (χ3v) is 7.24. The largest absolute Gasteiger partial charge is 0.477 e. The molecule has 106 valence electrons. The molecule has 0 aromatic carbocycles. The van der Waals surface area contributed by atoms with E-state index in [0.717, 1.165) is 44.7 Å². The lowest BCUT2D eigenvalue weighted by Crippen LogP contribution is -1.93. The van der Waals surface area contributed by atoms with Crippen LogP contribution in [0.25, 0.3) is 0 Å². The molecule has 2 aromatic rings. The van der Waals surface area contributed by atoms with Gasteiger partial charge in [-0.1, -0.05) is 23.2 Å². The fraction of sp³-hybridized carbons (Fsp3) is 0. The Balaban J connectivity index is 2.13. The third kappa shape index (κ3) is 3.21. The molecule has 6 nitrogen and oxygen atoms in total. The van der Waals surface area contributed by atoms with Crippen molar-refractivity contribution in [3.8, 4) is 0 Å². The van der Waals surface area contributed by atoms with E-state index in [4.69, 9.17) is 33.4 Å². The summed E-state index contributed by atoms with van der Waals surface area (Å²) in [5.74, 6) is -2.26. The van der Waals surface area contributed by atoms with Crippen LogP contribution in [-0.2, 0) is 0 Å². The van der Waals surface area contributed by atoms with E-state index < -0.39 is 11.9 Å². The van der Waals surface area contributed by atoms with E-state index in [9.17, 15) is 9.59 Å². The molecule has 2 heterocycles. The molecule has 0 aliphatic rings. The molecule has 0 spiro atoms. The van der Waals surface area contributed by atoms with Crippen molar-refractivity contribution in [2.75, 3.05) is 0 Å². The number of carboxylic acid groups (broad SMARTS) is 2. The molecule has 0 radical (unpaired) electrons. The van der Waals surface area contributed by atoms with Gasteiger partial charge >= 0.3 is 11.9 Å². The maximum Gasteiger partial charge on any atom is 0.353 e. The number of carbonyl (C=O) groups is 2. The van der Waals surface area contributed by atoms with E-state index in [1.165, 1.54) is 0 Å². The fourth-order valence-electron chi connectivity index (χ4n) is 1.01. The summed E-state index contributed by atoms with van der Waals surface area (Å²) in [6, 6.07) is 0. The molecule has 0 amide bonds. The Morgan fingerprint density at radius 3 is 2.25 bits per heavy atom. The Morgan fingerprint density at radius 2 is 1.75 bits per heavy atom. The molecule has 0 aliphatic heterocycles. The van der Waals surface area contributed by atoms with Gasteiger partial charge in [0.05, 0.1) is 0 Å². The maximum atomic E-state index is 10.8. The van der Waals surface area contributed by atoms with Crippen molar-refractivity contribution in [3.63, 3.8) is 0 Å². The molecule has 20 heavy (non-hydrogen) atoms. The standard InChI is InChI=1S/C8H2Cl2N2O4S4/c9-1-3(7(13)14)17-11-5(1)19-20-6-2(10)4(8(15)16)18-12-6/h(H,13,14)(H,15,16)/p+1. The van der Waals surface area contributed by atoms with Crippen LogP contribution in [0.1, 0.15) is 19.3 Å². The van der Waals surface area contributed by atoms with Gasteiger partial charge in [-0.15, -0.1) is 4.37 Å². The highest BCUT2D eigenvalue weighted by Gasteiger charge is 2.26. The zero-order chi connectivity index (χ0) is 14.9. The van der Waals surface area contributed by atoms with Crippen molar-refractivity contribution in [1.82, 2.24) is 4.37 Å². The smallest absolute Gasteiger partial charge is 0.353 e. The Kier molecular flexibility index (Phi) is 5.15. The number of H-pyrrole nitrogens is 1. The quantitative estimate of drug-likeness (QED) is 0.753. The second-order valence-electron chi connectivity index (χ2n) is 3.08. The normalized spacial score (nSPS) is 10.7. The average molecular weight is 390 g/mol. The first-order valence-electron chi connectivity index (χ1n) is 4.58. The Morgan fingerprint density at radius 1 is 1.10 bits per heavy atom. The SMILES string of the molecule is O=C(O)c1snc(SSc2[nH+]sc(C(=O)O)c2Cl)c1Cl. The van der Waals surface area contributed by atoms with Crippen LogP contribution in [0, 0.1) is 0 Å². The molecule has 0 saturated carbocycles. The molecule has 12 heteroatoms. The van der Waals surface area contributed by atoms with E-state index >= 15 is 0 Å². The Labute approximate surface area is 137 Å². The van der Waals surface area contributed by atoms with Crippen LogP contribution in [0.5, 0.6) is 0 Å². The van der Waals surface area contributed by atoms with Crippen molar-refractivity contribution >= 4 is 79.8 Å². The van der Waals surface area contributed by atoms with Gasteiger partial charge in [0.25, 0.3) is 5.03 Å². The van der Waals surface area contributed by atoms with Crippen molar-refractivity contribution in [2.45, 2.75) is 10.1 Å². The summed E-state index contributed by atoms with van der Waals surface area (Å²) in [5.41, 5.74) is 0. The van der Waals surface area contributed by atoms with Gasteiger partial charge in [-0.3, -0.25) is 0 Å². The van der Waals surface area contributed by atoms with E-state index in [1.807, 2.05) is 0 Å². The lowest BCUT2D eigenvalue weighted by Gasteiger charge is -1.92. The molecular weight excluding hydrogens is 387 g/mol. The van der Waals surface area contributed by atoms with Gasteiger partial charge in [0.2, 0.25) is 4.88 Å². The van der Waals surface area contributed by atoms with E-state index in [2.05, 4.69) is 8.75 Å². The van der Waals surface area contributed by atoms with Crippen molar-refractivity contribution in [3.05, 3.63) is 19.8 Å². The minimum Gasteiger partial charge on any atom is -0.477 e. The van der Waals surface area contributed by atoms with E-state index in [1.54, 1.807) is 0 Å². The lowest BCUT2D eigenvalue weighted by molar-refractivity contribution is -0.341. The van der Waals surface area contributed by atoms with Gasteiger partial charge < -0.3 is 10.2 Å². The molecule has 3 N–H and O–H groups in total. The van der Waals surface area contributed by atoms with Gasteiger partial charge in [0.1, 0.15) is 21.6 Å². The van der Waals surface area contributed by atoms with Gasteiger partial charge in [0, 0.05) is 10.8 Å². The summed E-state index contributed by atoms with van der Waals surface area (Å²) < 4.78 is 6.69. The van der Waals surface area contributed by atoms with Gasteiger partial charge in [-0.05, 0) is 22.3 Å². The zero-order valence-electron chi connectivity index (χ0n) is 9.05. The van der Waals surface area contributed by atoms with Gasteiger partial charge in [-0.25, -0.2) is 9.59 Å². The van der Waals surface area contributed by atoms with Crippen LogP contribution in [0.2, 0.25) is 10.0 Å². The number of hydrogen-bond donors (Lipinski definition) is 2. The van der Waals surface area contributed by atoms with Crippen LogP contribution in [-0.4, -0.2) is 26.5 Å². The number of aromatic nitrogens is 2. The second kappa shape index (κ2) is 6.50. The van der Waals surface area contributed by atoms with Crippen molar-refractivity contribution < 1.29 is 24.2 Å². The van der Waals surface area contributed by atoms with E-state index in [-0.39, 0.29) is 19.8 Å². The molecule has 0 saturated heterocycles. The number of aromatic amines is 1. The summed E-state index contributed by atoms with van der Waals surface area (Å²) in [4.78, 5) is 21.6. The number of aromatic carboxylic acids is 2. The summed E-state index contributed by atoms with van der Waals surface area (Å²) in [6.45, 7) is 0. The maximum absolute atomic E-state index is 10.8. The van der Waals surface area contributed by atoms with Gasteiger partial charge in [0.15, 0.2) is 9.90 Å². The van der Waals surface area contributed by atoms with Crippen molar-refractivity contribution in [2.24, 2.45) is 0 Å². The number of nitrogens with one attached hydrogen (secondary N) is 1. The van der Waals surface area contributed by atoms with Crippen LogP contribution >= 0.6 is 67.9 Å². The predicted molar refractivity (Wildman–Crippen MR) is 78.6 cm³/mol. The lowest BCUT2D eigenvalue weighted by atomic mass is 10.5. The molecule has 0 aliphatic carbocycles. The zero-order valence-corrected chi connectivity index (χ0v) is 13.8. The number of hydrogen-bond acceptors (Lipinski definition) is 7. The number of rotatable bonds is 5. The molecule has 0 bridgehead atoms. The van der Waals surface area contributed by atoms with Crippen LogP contribution in [0.3, 0.4) is 0 Å². The van der Waals surface area contributed by atoms with Crippen LogP contribution < -0.4 is 4.37 Å². The minimum atomic E-state index is -1.14. The number of carboxylic acids is 2. The topological polar surface area (TPSA) is 102 Å². The monoisotopic (exact) mass is 389 g/mol. The highest BCUT2D eigenvalue weighted by molar-refractivity contribution is 8.76. The highest BCUT2D eigenvalue weighted by Crippen LogP contribution is 2.43. The third-order valence-electron chi connectivity index (χ3n) is 1.84. The van der Waals surface area contributed by atoms with E-state index in [0.29, 0.717) is 10.1 Å².